The summed E-state index contributed by atoms with van der Waals surface area (Å²) < 4.78 is 34.7. The first-order chi connectivity index (χ1) is 9.38. The molecule has 0 spiro atoms. The van der Waals surface area contributed by atoms with Crippen LogP contribution in [-0.4, -0.2) is 32.5 Å². The molecule has 1 aromatic carbocycles. The fourth-order valence-corrected chi connectivity index (χ4v) is 2.45. The smallest absolute Gasteiger partial charge is 0.261 e. The summed E-state index contributed by atoms with van der Waals surface area (Å²) in [5.41, 5.74) is 2.08. The van der Waals surface area contributed by atoms with E-state index in [1.54, 1.807) is 6.92 Å². The van der Waals surface area contributed by atoms with Crippen LogP contribution in [0.5, 0.6) is 5.75 Å². The van der Waals surface area contributed by atoms with Crippen LogP contribution in [0.3, 0.4) is 0 Å². The third-order valence-corrected chi connectivity index (χ3v) is 3.69. The Morgan fingerprint density at radius 1 is 1.40 bits per heavy atom. The van der Waals surface area contributed by atoms with Crippen LogP contribution in [-0.2, 0) is 4.74 Å². The first kappa shape index (κ1) is 17.0. The summed E-state index contributed by atoms with van der Waals surface area (Å²) in [4.78, 5) is 12.2. The summed E-state index contributed by atoms with van der Waals surface area (Å²) in [5, 5.41) is 0. The summed E-state index contributed by atoms with van der Waals surface area (Å²) in [6, 6.07) is 1.87. The van der Waals surface area contributed by atoms with E-state index in [1.165, 1.54) is 7.11 Å². The van der Waals surface area contributed by atoms with Gasteiger partial charge in [0, 0.05) is 10.9 Å². The molecule has 0 aliphatic carbocycles. The quantitative estimate of drug-likeness (QED) is 0.552. The second-order valence-corrected chi connectivity index (χ2v) is 5.20. The maximum Gasteiger partial charge on any atom is 0.261 e. The van der Waals surface area contributed by atoms with Crippen LogP contribution >= 0.6 is 15.9 Å². The number of hydrogen-bond acceptors (Lipinski definition) is 3. The van der Waals surface area contributed by atoms with Gasteiger partial charge in [0.25, 0.3) is 6.43 Å². The molecule has 1 aromatic rings. The molecule has 0 unspecified atom stereocenters. The van der Waals surface area contributed by atoms with E-state index in [2.05, 4.69) is 15.9 Å². The molecule has 0 amide bonds. The van der Waals surface area contributed by atoms with Gasteiger partial charge in [-0.25, -0.2) is 8.78 Å². The molecule has 0 aliphatic rings. The molecule has 3 nitrogen and oxygen atoms in total. The third kappa shape index (κ3) is 4.24. The second-order valence-electron chi connectivity index (χ2n) is 4.35. The number of halogens is 3. The SMILES string of the molecule is COc1c(C)cc(Br)c(C)c1C(=O)CCOCC(F)F. The van der Waals surface area contributed by atoms with E-state index in [9.17, 15) is 13.6 Å². The number of Topliss-reactive ketones (excluding diaryl/α,β-unsaturated/α-hetero) is 1. The molecule has 1 rings (SSSR count). The Bertz CT molecular complexity index is 490. The van der Waals surface area contributed by atoms with Crippen LogP contribution in [0.25, 0.3) is 0 Å². The van der Waals surface area contributed by atoms with Crippen LogP contribution in [0.2, 0.25) is 0 Å². The number of carbonyl (C=O) groups is 1. The van der Waals surface area contributed by atoms with Crippen molar-refractivity contribution in [1.82, 2.24) is 0 Å². The topological polar surface area (TPSA) is 35.5 Å². The van der Waals surface area contributed by atoms with Crippen molar-refractivity contribution in [2.24, 2.45) is 0 Å². The predicted octanol–water partition coefficient (Wildman–Crippen LogP) is 3.93. The number of rotatable bonds is 7. The van der Waals surface area contributed by atoms with Gasteiger partial charge in [-0.15, -0.1) is 0 Å². The van der Waals surface area contributed by atoms with Crippen LogP contribution in [0.1, 0.15) is 27.9 Å². The van der Waals surface area contributed by atoms with Gasteiger partial charge in [0.15, 0.2) is 5.78 Å². The highest BCUT2D eigenvalue weighted by atomic mass is 79.9. The number of hydrogen-bond donors (Lipinski definition) is 0. The van der Waals surface area contributed by atoms with Crippen molar-refractivity contribution in [3.8, 4) is 5.75 Å². The molecule has 0 atom stereocenters. The van der Waals surface area contributed by atoms with Gasteiger partial charge in [0.2, 0.25) is 0 Å². The predicted molar refractivity (Wildman–Crippen MR) is 75.9 cm³/mol. The maximum absolute atomic E-state index is 12.2. The number of carbonyl (C=O) groups excluding carboxylic acids is 1. The largest absolute Gasteiger partial charge is 0.496 e. The Hall–Kier alpha value is -1.01. The van der Waals surface area contributed by atoms with Crippen LogP contribution < -0.4 is 4.74 Å². The first-order valence-electron chi connectivity index (χ1n) is 6.11. The minimum Gasteiger partial charge on any atom is -0.496 e. The molecule has 20 heavy (non-hydrogen) atoms. The molecular formula is C14H17BrF2O3. The Labute approximate surface area is 125 Å². The molecule has 0 radical (unpaired) electrons. The van der Waals surface area contributed by atoms with Crippen LogP contribution in [0, 0.1) is 13.8 Å². The van der Waals surface area contributed by atoms with Gasteiger partial charge in [-0.3, -0.25) is 4.79 Å². The van der Waals surface area contributed by atoms with Crippen molar-refractivity contribution in [1.29, 1.82) is 0 Å². The lowest BCUT2D eigenvalue weighted by Gasteiger charge is -2.15. The fraction of sp³-hybridized carbons (Fsp3) is 0.500. The molecule has 0 aromatic heterocycles. The number of methoxy groups -OCH3 is 1. The second kappa shape index (κ2) is 7.69. The van der Waals surface area contributed by atoms with E-state index >= 15 is 0 Å². The minimum atomic E-state index is -2.52. The van der Waals surface area contributed by atoms with Crippen molar-refractivity contribution in [3.63, 3.8) is 0 Å². The molecule has 112 valence electrons. The van der Waals surface area contributed by atoms with Crippen molar-refractivity contribution in [3.05, 3.63) is 27.2 Å². The highest BCUT2D eigenvalue weighted by molar-refractivity contribution is 9.10. The van der Waals surface area contributed by atoms with Crippen LogP contribution in [0.15, 0.2) is 10.5 Å². The standard InChI is InChI=1S/C14H17BrF2O3/c1-8-6-10(15)9(2)13(14(8)19-3)11(18)4-5-20-7-12(16)17/h6,12H,4-5,7H2,1-3H3. The Kier molecular flexibility index (Phi) is 6.55. The highest BCUT2D eigenvalue weighted by Crippen LogP contribution is 2.33. The number of aryl methyl sites for hydroxylation is 1. The Balaban J connectivity index is 2.86. The van der Waals surface area contributed by atoms with Gasteiger partial charge in [-0.1, -0.05) is 15.9 Å². The molecule has 0 saturated carbocycles. The minimum absolute atomic E-state index is 0.0304. The van der Waals surface area contributed by atoms with Crippen molar-refractivity contribution >= 4 is 21.7 Å². The number of benzene rings is 1. The van der Waals surface area contributed by atoms with Gasteiger partial charge in [0.05, 0.1) is 19.3 Å². The number of alkyl halides is 2. The third-order valence-electron chi connectivity index (χ3n) is 2.86. The van der Waals surface area contributed by atoms with Gasteiger partial charge >= 0.3 is 0 Å². The molecule has 0 bridgehead atoms. The average molecular weight is 351 g/mol. The zero-order valence-electron chi connectivity index (χ0n) is 11.6. The summed E-state index contributed by atoms with van der Waals surface area (Å²) in [5.74, 6) is 0.336. The lowest BCUT2D eigenvalue weighted by molar-refractivity contribution is 0.0169. The summed E-state index contributed by atoms with van der Waals surface area (Å²) in [7, 11) is 1.50. The highest BCUT2D eigenvalue weighted by Gasteiger charge is 2.19. The molecule has 0 saturated heterocycles. The summed E-state index contributed by atoms with van der Waals surface area (Å²) in [6.45, 7) is 2.96. The monoisotopic (exact) mass is 350 g/mol. The van der Waals surface area contributed by atoms with Gasteiger partial charge in [-0.05, 0) is 31.0 Å². The molecule has 0 N–H and O–H groups in total. The normalized spacial score (nSPS) is 10.9. The van der Waals surface area contributed by atoms with E-state index in [0.717, 1.165) is 15.6 Å². The Morgan fingerprint density at radius 2 is 2.05 bits per heavy atom. The summed E-state index contributed by atoms with van der Waals surface area (Å²) in [6.07, 6.45) is -2.48. The van der Waals surface area contributed by atoms with E-state index in [0.29, 0.717) is 11.3 Å². The zero-order chi connectivity index (χ0) is 15.3. The lowest BCUT2D eigenvalue weighted by Crippen LogP contribution is -2.12. The van der Waals surface area contributed by atoms with E-state index < -0.39 is 13.0 Å². The van der Waals surface area contributed by atoms with Gasteiger partial charge in [0.1, 0.15) is 12.4 Å². The van der Waals surface area contributed by atoms with Gasteiger partial charge < -0.3 is 9.47 Å². The molecule has 0 fully saturated rings. The maximum atomic E-state index is 12.2. The average Bonchev–Trinajstić information content (AvgIpc) is 2.38. The zero-order valence-corrected chi connectivity index (χ0v) is 13.2. The molecular weight excluding hydrogens is 334 g/mol. The Morgan fingerprint density at radius 3 is 2.60 bits per heavy atom. The molecule has 0 heterocycles. The van der Waals surface area contributed by atoms with Crippen molar-refractivity contribution in [2.75, 3.05) is 20.3 Å². The fourth-order valence-electron chi connectivity index (χ4n) is 1.91. The summed E-state index contributed by atoms with van der Waals surface area (Å²) >= 11 is 3.39. The number of ketones is 1. The van der Waals surface area contributed by atoms with E-state index in [1.807, 2.05) is 13.0 Å². The first-order valence-corrected chi connectivity index (χ1v) is 6.90. The van der Waals surface area contributed by atoms with E-state index in [4.69, 9.17) is 9.47 Å². The van der Waals surface area contributed by atoms with Gasteiger partial charge in [-0.2, -0.15) is 0 Å². The van der Waals surface area contributed by atoms with Crippen molar-refractivity contribution in [2.45, 2.75) is 26.7 Å². The lowest BCUT2D eigenvalue weighted by atomic mass is 9.98. The van der Waals surface area contributed by atoms with E-state index in [-0.39, 0.29) is 18.8 Å². The molecule has 0 aliphatic heterocycles. The number of ether oxygens (including phenoxy) is 2. The molecule has 6 heteroatoms. The van der Waals surface area contributed by atoms with Crippen LogP contribution in [0.4, 0.5) is 8.78 Å². The van der Waals surface area contributed by atoms with Crippen molar-refractivity contribution < 1.29 is 23.0 Å².